The number of aliphatic hydroxyl groups is 1. The number of hydrogen-bond donors (Lipinski definition) is 1. The maximum Gasteiger partial charge on any atom is 0.186 e. The van der Waals surface area contributed by atoms with Gasteiger partial charge in [0.05, 0.1) is 30.4 Å². The molecule has 0 unspecified atom stereocenters. The summed E-state index contributed by atoms with van der Waals surface area (Å²) >= 11 is 1.56. The molecule has 0 atom stereocenters. The van der Waals surface area contributed by atoms with E-state index < -0.39 is 0 Å². The molecule has 0 aliphatic carbocycles. The Morgan fingerprint density at radius 3 is 2.10 bits per heavy atom. The molecule has 0 aliphatic rings. The third-order valence-corrected chi connectivity index (χ3v) is 4.08. The third kappa shape index (κ3) is 5.36. The smallest absolute Gasteiger partial charge is 0.186 e. The summed E-state index contributed by atoms with van der Waals surface area (Å²) < 4.78 is 10.9. The number of thiazole rings is 1. The van der Waals surface area contributed by atoms with Crippen LogP contribution >= 0.6 is 11.3 Å². The first-order valence-corrected chi connectivity index (χ1v) is 8.08. The fourth-order valence-electron chi connectivity index (χ4n) is 1.85. The van der Waals surface area contributed by atoms with Crippen LogP contribution in [0.4, 0.5) is 5.13 Å². The van der Waals surface area contributed by atoms with Crippen molar-refractivity contribution in [2.75, 3.05) is 44.4 Å². The molecule has 0 saturated heterocycles. The van der Waals surface area contributed by atoms with Gasteiger partial charge in [0.15, 0.2) is 5.13 Å². The number of aryl methyl sites for hydroxylation is 1. The van der Waals surface area contributed by atoms with Gasteiger partial charge in [-0.2, -0.15) is 0 Å². The molecule has 1 heterocycles. The lowest BCUT2D eigenvalue weighted by Gasteiger charge is -2.21. The Morgan fingerprint density at radius 1 is 1.10 bits per heavy atom. The topological polar surface area (TPSA) is 54.8 Å². The van der Waals surface area contributed by atoms with E-state index in [2.05, 4.69) is 16.8 Å². The van der Waals surface area contributed by atoms with Gasteiger partial charge in [0, 0.05) is 26.3 Å². The molecule has 0 saturated carbocycles. The highest BCUT2D eigenvalue weighted by atomic mass is 32.1. The van der Waals surface area contributed by atoms with Crippen molar-refractivity contribution in [1.29, 1.82) is 0 Å². The summed E-state index contributed by atoms with van der Waals surface area (Å²) in [5.74, 6) is 0. The molecule has 1 aromatic rings. The van der Waals surface area contributed by atoms with E-state index in [4.69, 9.17) is 9.47 Å². The molecular formula is C14H26N2O3S. The van der Waals surface area contributed by atoms with Crippen LogP contribution < -0.4 is 4.90 Å². The summed E-state index contributed by atoms with van der Waals surface area (Å²) in [4.78, 5) is 7.76. The summed E-state index contributed by atoms with van der Waals surface area (Å²) in [7, 11) is 0. The van der Waals surface area contributed by atoms with Gasteiger partial charge >= 0.3 is 0 Å². The van der Waals surface area contributed by atoms with Crippen LogP contribution in [-0.2, 0) is 22.5 Å². The van der Waals surface area contributed by atoms with E-state index in [1.807, 2.05) is 13.8 Å². The lowest BCUT2D eigenvalue weighted by Crippen LogP contribution is -2.31. The van der Waals surface area contributed by atoms with Crippen molar-refractivity contribution in [3.63, 3.8) is 0 Å². The van der Waals surface area contributed by atoms with Crippen molar-refractivity contribution in [2.24, 2.45) is 0 Å². The molecule has 5 nitrogen and oxygen atoms in total. The molecule has 116 valence electrons. The van der Waals surface area contributed by atoms with Crippen LogP contribution in [0.25, 0.3) is 0 Å². The van der Waals surface area contributed by atoms with Crippen LogP contribution in [0.3, 0.4) is 0 Å². The number of ether oxygens (including phenoxy) is 2. The zero-order valence-electron chi connectivity index (χ0n) is 12.7. The molecule has 0 aromatic carbocycles. The average Bonchev–Trinajstić information content (AvgIpc) is 2.89. The van der Waals surface area contributed by atoms with Gasteiger partial charge in [-0.3, -0.25) is 0 Å². The van der Waals surface area contributed by atoms with Gasteiger partial charge in [0.25, 0.3) is 0 Å². The van der Waals surface area contributed by atoms with Gasteiger partial charge in [-0.25, -0.2) is 4.98 Å². The Bertz CT molecular complexity index is 340. The van der Waals surface area contributed by atoms with E-state index in [9.17, 15) is 5.11 Å². The van der Waals surface area contributed by atoms with Gasteiger partial charge in [-0.15, -0.1) is 0 Å². The second-order valence-corrected chi connectivity index (χ2v) is 5.32. The zero-order valence-corrected chi connectivity index (χ0v) is 13.5. The Morgan fingerprint density at radius 2 is 1.70 bits per heavy atom. The molecule has 1 aromatic heterocycles. The number of hydrogen-bond acceptors (Lipinski definition) is 6. The zero-order chi connectivity index (χ0) is 14.8. The van der Waals surface area contributed by atoms with Crippen LogP contribution in [0, 0.1) is 0 Å². The second kappa shape index (κ2) is 10.1. The van der Waals surface area contributed by atoms with Crippen LogP contribution in [0.2, 0.25) is 0 Å². The lowest BCUT2D eigenvalue weighted by atomic mass is 10.3. The quantitative estimate of drug-likeness (QED) is 0.634. The highest BCUT2D eigenvalue weighted by Gasteiger charge is 2.15. The first kappa shape index (κ1) is 17.4. The summed E-state index contributed by atoms with van der Waals surface area (Å²) in [6, 6.07) is 0. The number of aromatic nitrogens is 1. The summed E-state index contributed by atoms with van der Waals surface area (Å²) in [5, 5.41) is 10.3. The molecular weight excluding hydrogens is 276 g/mol. The molecule has 1 rings (SSSR count). The van der Waals surface area contributed by atoms with E-state index in [1.165, 1.54) is 0 Å². The summed E-state index contributed by atoms with van der Waals surface area (Å²) in [6.07, 6.45) is 0.844. The van der Waals surface area contributed by atoms with Gasteiger partial charge in [0.2, 0.25) is 0 Å². The van der Waals surface area contributed by atoms with Crippen molar-refractivity contribution in [3.8, 4) is 0 Å². The predicted molar refractivity (Wildman–Crippen MR) is 82.6 cm³/mol. The Hall–Kier alpha value is -0.690. The molecule has 0 amide bonds. The number of nitrogens with zero attached hydrogens (tertiary/aromatic N) is 2. The van der Waals surface area contributed by atoms with Crippen LogP contribution in [0.15, 0.2) is 0 Å². The highest BCUT2D eigenvalue weighted by Crippen LogP contribution is 2.26. The monoisotopic (exact) mass is 302 g/mol. The standard InChI is InChI=1S/C14H26N2O3S/c1-4-12-13(11-17)20-14(15-12)16(7-9-18-5-2)8-10-19-6-3/h17H,4-11H2,1-3H3. The Kier molecular flexibility index (Phi) is 8.77. The maximum atomic E-state index is 9.38. The largest absolute Gasteiger partial charge is 0.391 e. The predicted octanol–water partition coefficient (Wildman–Crippen LogP) is 2.08. The minimum absolute atomic E-state index is 0.0611. The fourth-order valence-corrected chi connectivity index (χ4v) is 2.91. The van der Waals surface area contributed by atoms with Crippen LogP contribution in [0.1, 0.15) is 31.3 Å². The molecule has 0 radical (unpaired) electrons. The van der Waals surface area contributed by atoms with E-state index in [1.54, 1.807) is 11.3 Å². The molecule has 0 bridgehead atoms. The van der Waals surface area contributed by atoms with E-state index in [-0.39, 0.29) is 6.61 Å². The Labute approximate surface area is 125 Å². The van der Waals surface area contributed by atoms with Gasteiger partial charge < -0.3 is 19.5 Å². The molecule has 6 heteroatoms. The maximum absolute atomic E-state index is 9.38. The van der Waals surface area contributed by atoms with Crippen molar-refractivity contribution in [3.05, 3.63) is 10.6 Å². The fraction of sp³-hybridized carbons (Fsp3) is 0.786. The third-order valence-electron chi connectivity index (χ3n) is 2.94. The van der Waals surface area contributed by atoms with Crippen LogP contribution in [-0.4, -0.2) is 49.6 Å². The van der Waals surface area contributed by atoms with Gasteiger partial charge in [-0.05, 0) is 20.3 Å². The number of anilines is 1. The van der Waals surface area contributed by atoms with Crippen molar-refractivity contribution < 1.29 is 14.6 Å². The van der Waals surface area contributed by atoms with Crippen LogP contribution in [0.5, 0.6) is 0 Å². The van der Waals surface area contributed by atoms with Gasteiger partial charge in [-0.1, -0.05) is 18.3 Å². The molecule has 0 spiro atoms. The average molecular weight is 302 g/mol. The first-order valence-electron chi connectivity index (χ1n) is 7.26. The summed E-state index contributed by atoms with van der Waals surface area (Å²) in [6.45, 7) is 10.5. The minimum atomic E-state index is 0.0611. The Balaban J connectivity index is 2.71. The minimum Gasteiger partial charge on any atom is -0.391 e. The van der Waals surface area contributed by atoms with Gasteiger partial charge in [0.1, 0.15) is 0 Å². The highest BCUT2D eigenvalue weighted by molar-refractivity contribution is 7.15. The van der Waals surface area contributed by atoms with E-state index >= 15 is 0 Å². The lowest BCUT2D eigenvalue weighted by molar-refractivity contribution is 0.141. The van der Waals surface area contributed by atoms with Crippen molar-refractivity contribution in [1.82, 2.24) is 4.98 Å². The number of aliphatic hydroxyl groups excluding tert-OH is 1. The SMILES string of the molecule is CCOCCN(CCOCC)c1nc(CC)c(CO)s1. The van der Waals surface area contributed by atoms with Crippen molar-refractivity contribution >= 4 is 16.5 Å². The van der Waals surface area contributed by atoms with Crippen molar-refractivity contribution in [2.45, 2.75) is 33.8 Å². The van der Waals surface area contributed by atoms with E-state index in [0.29, 0.717) is 13.2 Å². The summed E-state index contributed by atoms with van der Waals surface area (Å²) in [5.41, 5.74) is 0.991. The number of rotatable bonds is 11. The second-order valence-electron chi connectivity index (χ2n) is 4.26. The first-order chi connectivity index (χ1) is 9.76. The molecule has 1 N–H and O–H groups in total. The molecule has 20 heavy (non-hydrogen) atoms. The molecule has 0 fully saturated rings. The normalized spacial score (nSPS) is 11.0. The van der Waals surface area contributed by atoms with E-state index in [0.717, 1.165) is 48.4 Å². The molecule has 0 aliphatic heterocycles.